The topological polar surface area (TPSA) is 62.4 Å². The average molecular weight is 361 g/mol. The van der Waals surface area contributed by atoms with Crippen molar-refractivity contribution < 1.29 is 9.53 Å². The van der Waals surface area contributed by atoms with Gasteiger partial charge in [-0.2, -0.15) is 0 Å². The largest absolute Gasteiger partial charge is 0.497 e. The number of carbonyl (C=O) groups is 1. The summed E-state index contributed by atoms with van der Waals surface area (Å²) < 4.78 is 5.09. The molecule has 0 aliphatic carbocycles. The predicted octanol–water partition coefficient (Wildman–Crippen LogP) is 2.48. The van der Waals surface area contributed by atoms with Gasteiger partial charge in [-0.15, -0.1) is 11.8 Å². The van der Waals surface area contributed by atoms with Crippen LogP contribution in [0.3, 0.4) is 0 Å². The van der Waals surface area contributed by atoms with Crippen LogP contribution in [-0.4, -0.2) is 23.9 Å². The van der Waals surface area contributed by atoms with E-state index < -0.39 is 0 Å². The van der Waals surface area contributed by atoms with Crippen molar-refractivity contribution in [3.63, 3.8) is 0 Å². The summed E-state index contributed by atoms with van der Waals surface area (Å²) in [6, 6.07) is 17.4. The van der Waals surface area contributed by atoms with Crippen molar-refractivity contribution in [1.82, 2.24) is 16.2 Å². The molecule has 0 unspecified atom stereocenters. The van der Waals surface area contributed by atoms with E-state index in [1.807, 2.05) is 54.6 Å². The molecule has 3 N–H and O–H groups in total. The summed E-state index contributed by atoms with van der Waals surface area (Å²) in [5.74, 6) is 0.931. The lowest BCUT2D eigenvalue weighted by molar-refractivity contribution is -0.119. The number of hydrogen-bond acceptors (Lipinski definition) is 4. The number of ether oxygens (including phenoxy) is 1. The van der Waals surface area contributed by atoms with Crippen molar-refractivity contribution in [1.29, 1.82) is 0 Å². The third-order valence-electron chi connectivity index (χ3n) is 3.04. The first-order valence-corrected chi connectivity index (χ1v) is 8.70. The van der Waals surface area contributed by atoms with E-state index in [4.69, 9.17) is 17.0 Å². The molecule has 0 aliphatic rings. The molecule has 126 valence electrons. The zero-order valence-corrected chi connectivity index (χ0v) is 14.9. The van der Waals surface area contributed by atoms with E-state index in [9.17, 15) is 4.79 Å². The molecule has 0 fully saturated rings. The van der Waals surface area contributed by atoms with Gasteiger partial charge < -0.3 is 10.1 Å². The molecule has 2 aromatic carbocycles. The van der Waals surface area contributed by atoms with Crippen LogP contribution >= 0.6 is 24.0 Å². The van der Waals surface area contributed by atoms with E-state index in [1.165, 1.54) is 11.8 Å². The van der Waals surface area contributed by atoms with Crippen molar-refractivity contribution >= 4 is 35.0 Å². The first kappa shape index (κ1) is 18.1. The lowest BCUT2D eigenvalue weighted by Gasteiger charge is -2.11. The van der Waals surface area contributed by atoms with Gasteiger partial charge in [-0.1, -0.05) is 30.3 Å². The van der Waals surface area contributed by atoms with Crippen LogP contribution in [-0.2, 0) is 11.3 Å². The number of rotatable bonds is 6. The SMILES string of the molecule is COc1ccc(SCC(=O)NNC(=S)NCc2ccccc2)cc1. The standard InChI is InChI=1S/C17H19N3O2S2/c1-22-14-7-9-15(10-8-14)24-12-16(21)19-20-17(23)18-11-13-5-3-2-4-6-13/h2-10H,11-12H2,1H3,(H,19,21)(H2,18,20,23). The highest BCUT2D eigenvalue weighted by Gasteiger charge is 2.04. The molecule has 0 heterocycles. The zero-order chi connectivity index (χ0) is 17.2. The summed E-state index contributed by atoms with van der Waals surface area (Å²) in [6.45, 7) is 0.600. The van der Waals surface area contributed by atoms with E-state index in [-0.39, 0.29) is 5.91 Å². The van der Waals surface area contributed by atoms with Crippen molar-refractivity contribution in [3.05, 3.63) is 60.2 Å². The van der Waals surface area contributed by atoms with Crippen LogP contribution < -0.4 is 20.9 Å². The lowest BCUT2D eigenvalue weighted by Crippen LogP contribution is -2.47. The van der Waals surface area contributed by atoms with Gasteiger partial charge in [-0.25, -0.2) is 0 Å². The van der Waals surface area contributed by atoms with Gasteiger partial charge in [0.05, 0.1) is 12.9 Å². The molecule has 2 rings (SSSR count). The van der Waals surface area contributed by atoms with Crippen LogP contribution in [0.1, 0.15) is 5.56 Å². The molecule has 0 radical (unpaired) electrons. The Morgan fingerprint density at radius 1 is 1.08 bits per heavy atom. The molecule has 0 saturated heterocycles. The molecule has 0 bridgehead atoms. The Labute approximate surface area is 151 Å². The number of thiocarbonyl (C=S) groups is 1. The van der Waals surface area contributed by atoms with Gasteiger partial charge in [0.25, 0.3) is 0 Å². The molecule has 7 heteroatoms. The van der Waals surface area contributed by atoms with Gasteiger partial charge in [-0.3, -0.25) is 15.6 Å². The molecule has 0 spiro atoms. The van der Waals surface area contributed by atoms with E-state index in [1.54, 1.807) is 7.11 Å². The number of hydrazine groups is 1. The lowest BCUT2D eigenvalue weighted by atomic mass is 10.2. The van der Waals surface area contributed by atoms with Gasteiger partial charge in [0.15, 0.2) is 5.11 Å². The molecule has 0 atom stereocenters. The van der Waals surface area contributed by atoms with E-state index >= 15 is 0 Å². The third-order valence-corrected chi connectivity index (χ3v) is 4.30. The Kier molecular flexibility index (Phi) is 7.38. The zero-order valence-electron chi connectivity index (χ0n) is 13.2. The number of thioether (sulfide) groups is 1. The van der Waals surface area contributed by atoms with Gasteiger partial charge in [0.1, 0.15) is 5.75 Å². The van der Waals surface area contributed by atoms with Gasteiger partial charge in [0, 0.05) is 11.4 Å². The number of benzene rings is 2. The summed E-state index contributed by atoms with van der Waals surface area (Å²) in [5, 5.41) is 3.40. The molecular formula is C17H19N3O2S2. The minimum Gasteiger partial charge on any atom is -0.497 e. The second-order valence-electron chi connectivity index (χ2n) is 4.81. The number of methoxy groups -OCH3 is 1. The Bertz CT molecular complexity index is 663. The van der Waals surface area contributed by atoms with E-state index in [0.717, 1.165) is 16.2 Å². The summed E-state index contributed by atoms with van der Waals surface area (Å²) in [5.41, 5.74) is 6.38. The maximum atomic E-state index is 11.8. The third kappa shape index (κ3) is 6.47. The highest BCUT2D eigenvalue weighted by Crippen LogP contribution is 2.20. The summed E-state index contributed by atoms with van der Waals surface area (Å²) in [4.78, 5) is 12.8. The maximum absolute atomic E-state index is 11.8. The van der Waals surface area contributed by atoms with Crippen molar-refractivity contribution in [2.75, 3.05) is 12.9 Å². The number of carbonyl (C=O) groups excluding carboxylic acids is 1. The van der Waals surface area contributed by atoms with Gasteiger partial charge in [0.2, 0.25) is 5.91 Å². The molecule has 0 aliphatic heterocycles. The first-order chi connectivity index (χ1) is 11.7. The smallest absolute Gasteiger partial charge is 0.248 e. The van der Waals surface area contributed by atoms with Crippen molar-refractivity contribution in [2.45, 2.75) is 11.4 Å². The van der Waals surface area contributed by atoms with Crippen molar-refractivity contribution in [2.24, 2.45) is 0 Å². The average Bonchev–Trinajstić information content (AvgIpc) is 2.64. The predicted molar refractivity (Wildman–Crippen MR) is 101 cm³/mol. The van der Waals surface area contributed by atoms with Gasteiger partial charge in [-0.05, 0) is 42.0 Å². The van der Waals surface area contributed by atoms with Crippen LogP contribution in [0.4, 0.5) is 0 Å². The minimum absolute atomic E-state index is 0.153. The monoisotopic (exact) mass is 361 g/mol. The molecule has 1 amide bonds. The Morgan fingerprint density at radius 3 is 2.46 bits per heavy atom. The summed E-state index contributed by atoms with van der Waals surface area (Å²) >= 11 is 6.56. The van der Waals surface area contributed by atoms with Crippen LogP contribution in [0, 0.1) is 0 Å². The van der Waals surface area contributed by atoms with Crippen LogP contribution in [0.2, 0.25) is 0 Å². The van der Waals surface area contributed by atoms with Gasteiger partial charge >= 0.3 is 0 Å². The Hall–Kier alpha value is -2.25. The molecule has 0 saturated carbocycles. The minimum atomic E-state index is -0.153. The molecule has 5 nitrogen and oxygen atoms in total. The normalized spacial score (nSPS) is 9.88. The summed E-state index contributed by atoms with van der Waals surface area (Å²) in [7, 11) is 1.62. The molecule has 24 heavy (non-hydrogen) atoms. The fourth-order valence-electron chi connectivity index (χ4n) is 1.81. The summed E-state index contributed by atoms with van der Waals surface area (Å²) in [6.07, 6.45) is 0. The fourth-order valence-corrected chi connectivity index (χ4v) is 2.63. The highest BCUT2D eigenvalue weighted by atomic mass is 32.2. The van der Waals surface area contributed by atoms with Crippen LogP contribution in [0.25, 0.3) is 0 Å². The Balaban J connectivity index is 1.64. The quantitative estimate of drug-likeness (QED) is 0.417. The number of nitrogens with one attached hydrogen (secondary N) is 3. The van der Waals surface area contributed by atoms with E-state index in [2.05, 4.69) is 16.2 Å². The molecule has 2 aromatic rings. The van der Waals surface area contributed by atoms with E-state index in [0.29, 0.717) is 17.4 Å². The maximum Gasteiger partial charge on any atom is 0.248 e. The number of amides is 1. The highest BCUT2D eigenvalue weighted by molar-refractivity contribution is 8.00. The number of hydrogen-bond donors (Lipinski definition) is 3. The second kappa shape index (κ2) is 9.79. The molecule has 0 aromatic heterocycles. The second-order valence-corrected chi connectivity index (χ2v) is 6.26. The first-order valence-electron chi connectivity index (χ1n) is 7.31. The van der Waals surface area contributed by atoms with Crippen LogP contribution in [0.5, 0.6) is 5.75 Å². The fraction of sp³-hybridized carbons (Fsp3) is 0.176. The van der Waals surface area contributed by atoms with Crippen molar-refractivity contribution in [3.8, 4) is 5.75 Å². The molecular weight excluding hydrogens is 342 g/mol. The van der Waals surface area contributed by atoms with Crippen LogP contribution in [0.15, 0.2) is 59.5 Å². The Morgan fingerprint density at radius 2 is 1.79 bits per heavy atom.